The first-order chi connectivity index (χ1) is 11.8. The van der Waals surface area contributed by atoms with Crippen molar-refractivity contribution < 1.29 is 9.59 Å². The fraction of sp³-hybridized carbons (Fsp3) is 0.429. The minimum Gasteiger partial charge on any atom is -0.274 e. The van der Waals surface area contributed by atoms with Gasteiger partial charge in [0.05, 0.1) is 17.5 Å². The molecule has 7 aliphatic carbocycles. The first-order valence-electron chi connectivity index (χ1n) is 9.10. The molecule has 2 amide bonds. The Kier molecular flexibility index (Phi) is 1.83. The Morgan fingerprint density at radius 3 is 2.21 bits per heavy atom. The Balaban J connectivity index is 1.38. The van der Waals surface area contributed by atoms with E-state index in [1.807, 2.05) is 30.3 Å². The molecule has 0 N–H and O–H groups in total. The number of benzene rings is 1. The maximum Gasteiger partial charge on any atom is 0.238 e. The van der Waals surface area contributed by atoms with Crippen LogP contribution in [0.15, 0.2) is 54.1 Å². The number of hydrogen-bond acceptors (Lipinski definition) is 2. The second kappa shape index (κ2) is 3.58. The van der Waals surface area contributed by atoms with Crippen LogP contribution in [0.25, 0.3) is 0 Å². The highest BCUT2D eigenvalue weighted by molar-refractivity contribution is 6.22. The van der Waals surface area contributed by atoms with E-state index in [4.69, 9.17) is 0 Å². The van der Waals surface area contributed by atoms with Crippen molar-refractivity contribution in [2.45, 2.75) is 0 Å². The van der Waals surface area contributed by atoms with Crippen LogP contribution < -0.4 is 4.90 Å². The molecule has 3 nitrogen and oxygen atoms in total. The van der Waals surface area contributed by atoms with E-state index in [1.165, 1.54) is 4.90 Å². The number of nitrogens with zero attached hydrogens (tertiary/aromatic N) is 1. The lowest BCUT2D eigenvalue weighted by atomic mass is 9.53. The average Bonchev–Trinajstić information content (AvgIpc) is 3.29. The van der Waals surface area contributed by atoms with Gasteiger partial charge in [-0.15, -0.1) is 0 Å². The summed E-state index contributed by atoms with van der Waals surface area (Å²) < 4.78 is 0. The molecular weight excluding hydrogens is 298 g/mol. The third-order valence-electron chi connectivity index (χ3n) is 7.96. The predicted octanol–water partition coefficient (Wildman–Crippen LogP) is 2.66. The van der Waals surface area contributed by atoms with Gasteiger partial charge in [0.2, 0.25) is 11.8 Å². The Bertz CT molecular complexity index is 854. The van der Waals surface area contributed by atoms with E-state index >= 15 is 0 Å². The van der Waals surface area contributed by atoms with Gasteiger partial charge in [0.25, 0.3) is 0 Å². The SMILES string of the molecule is O=C1C2C(C(=O)N1c1ccccc1)C1C3C4=CC5C=CC4C1C5C23. The van der Waals surface area contributed by atoms with Crippen LogP contribution in [0.3, 0.4) is 0 Å². The Hall–Kier alpha value is -2.16. The smallest absolute Gasteiger partial charge is 0.238 e. The van der Waals surface area contributed by atoms with Crippen LogP contribution >= 0.6 is 0 Å². The van der Waals surface area contributed by atoms with E-state index in [0.29, 0.717) is 41.4 Å². The molecule has 3 heteroatoms. The molecule has 1 aliphatic heterocycles. The summed E-state index contributed by atoms with van der Waals surface area (Å²) in [6.07, 6.45) is 7.22. The van der Waals surface area contributed by atoms with Gasteiger partial charge in [0, 0.05) is 5.92 Å². The predicted molar refractivity (Wildman–Crippen MR) is 87.6 cm³/mol. The first kappa shape index (κ1) is 12.2. The monoisotopic (exact) mass is 315 g/mol. The van der Waals surface area contributed by atoms with Gasteiger partial charge in [-0.2, -0.15) is 0 Å². The zero-order chi connectivity index (χ0) is 15.7. The summed E-state index contributed by atoms with van der Waals surface area (Å²) in [5.41, 5.74) is 2.32. The average molecular weight is 315 g/mol. The zero-order valence-corrected chi connectivity index (χ0v) is 13.1. The number of para-hydroxylation sites is 1. The summed E-state index contributed by atoms with van der Waals surface area (Å²) in [5.74, 6) is 3.71. The number of amides is 2. The molecule has 1 saturated heterocycles. The van der Waals surface area contributed by atoms with E-state index in [-0.39, 0.29) is 23.7 Å². The van der Waals surface area contributed by atoms with Gasteiger partial charge >= 0.3 is 0 Å². The highest BCUT2D eigenvalue weighted by Crippen LogP contribution is 2.78. The quantitative estimate of drug-likeness (QED) is 0.590. The number of rotatable bonds is 1. The number of allylic oxidation sites excluding steroid dienone is 4. The van der Waals surface area contributed by atoms with Crippen molar-refractivity contribution in [1.82, 2.24) is 0 Å². The molecule has 4 fully saturated rings. The number of fused-ring (bicyclic) bond motifs is 1. The molecular formula is C21H17NO2. The Morgan fingerprint density at radius 2 is 1.46 bits per heavy atom. The molecule has 8 aliphatic rings. The maximum absolute atomic E-state index is 13.2. The summed E-state index contributed by atoms with van der Waals surface area (Å²) in [5, 5.41) is 0. The van der Waals surface area contributed by atoms with Crippen LogP contribution in [0.2, 0.25) is 0 Å². The third-order valence-corrected chi connectivity index (χ3v) is 7.96. The van der Waals surface area contributed by atoms with Crippen LogP contribution in [0, 0.1) is 53.3 Å². The summed E-state index contributed by atoms with van der Waals surface area (Å²) in [7, 11) is 0. The molecule has 1 heterocycles. The molecule has 24 heavy (non-hydrogen) atoms. The molecule has 1 aromatic rings. The molecule has 9 rings (SSSR count). The van der Waals surface area contributed by atoms with Crippen molar-refractivity contribution in [3.05, 3.63) is 54.1 Å². The minimum atomic E-state index is -0.0624. The van der Waals surface area contributed by atoms with Crippen LogP contribution in [0.5, 0.6) is 0 Å². The van der Waals surface area contributed by atoms with E-state index in [0.717, 1.165) is 5.69 Å². The van der Waals surface area contributed by atoms with Crippen molar-refractivity contribution in [2.24, 2.45) is 53.3 Å². The van der Waals surface area contributed by atoms with E-state index in [1.54, 1.807) is 5.57 Å². The van der Waals surface area contributed by atoms with Crippen molar-refractivity contribution in [3.8, 4) is 0 Å². The maximum atomic E-state index is 13.2. The number of hydrogen-bond donors (Lipinski definition) is 0. The lowest BCUT2D eigenvalue weighted by Gasteiger charge is -2.50. The van der Waals surface area contributed by atoms with Crippen LogP contribution in [0.1, 0.15) is 0 Å². The van der Waals surface area contributed by atoms with Gasteiger partial charge in [-0.3, -0.25) is 14.5 Å². The number of carbonyl (C=O) groups excluding carboxylic acids is 2. The van der Waals surface area contributed by atoms with Crippen molar-refractivity contribution in [1.29, 1.82) is 0 Å². The lowest BCUT2D eigenvalue weighted by Crippen LogP contribution is -2.47. The van der Waals surface area contributed by atoms with Crippen molar-refractivity contribution in [2.75, 3.05) is 4.90 Å². The second-order valence-corrected chi connectivity index (χ2v) is 8.39. The highest BCUT2D eigenvalue weighted by atomic mass is 16.2. The molecule has 0 aromatic heterocycles. The van der Waals surface area contributed by atoms with E-state index < -0.39 is 0 Å². The number of carbonyl (C=O) groups is 2. The van der Waals surface area contributed by atoms with Crippen LogP contribution in [-0.4, -0.2) is 11.8 Å². The summed E-state index contributed by atoms with van der Waals surface area (Å²) >= 11 is 0. The van der Waals surface area contributed by atoms with Crippen LogP contribution in [-0.2, 0) is 9.59 Å². The fourth-order valence-corrected chi connectivity index (χ4v) is 7.64. The normalized spacial score (nSPS) is 51.1. The van der Waals surface area contributed by atoms with Gasteiger partial charge in [-0.05, 0) is 47.6 Å². The molecule has 0 spiro atoms. The molecule has 1 aromatic carbocycles. The van der Waals surface area contributed by atoms with Crippen molar-refractivity contribution in [3.63, 3.8) is 0 Å². The standard InChI is InChI=1S/C21H17NO2/c23-20-18-16-13-9-6-7-11-12(8-9)15(16)17(14(11)13)19(18)21(24)22(20)10-4-2-1-3-5-10/h1-9,11,13-19H. The van der Waals surface area contributed by atoms with E-state index in [2.05, 4.69) is 18.2 Å². The van der Waals surface area contributed by atoms with Gasteiger partial charge in [0.1, 0.15) is 0 Å². The van der Waals surface area contributed by atoms with Crippen LogP contribution in [0.4, 0.5) is 5.69 Å². The molecule has 9 atom stereocenters. The number of anilines is 1. The molecule has 118 valence electrons. The Labute approximate surface area is 140 Å². The molecule has 3 saturated carbocycles. The topological polar surface area (TPSA) is 37.4 Å². The molecule has 9 unspecified atom stereocenters. The summed E-state index contributed by atoms with van der Waals surface area (Å²) in [6, 6.07) is 9.49. The first-order valence-corrected chi connectivity index (χ1v) is 9.10. The minimum absolute atomic E-state index is 0.0624. The number of imide groups is 1. The summed E-state index contributed by atoms with van der Waals surface area (Å²) in [4.78, 5) is 27.9. The van der Waals surface area contributed by atoms with Gasteiger partial charge in [-0.1, -0.05) is 42.0 Å². The van der Waals surface area contributed by atoms with Crippen molar-refractivity contribution >= 4 is 17.5 Å². The van der Waals surface area contributed by atoms with Gasteiger partial charge < -0.3 is 0 Å². The summed E-state index contributed by atoms with van der Waals surface area (Å²) in [6.45, 7) is 0. The molecule has 0 radical (unpaired) electrons. The lowest BCUT2D eigenvalue weighted by molar-refractivity contribution is -0.124. The highest BCUT2D eigenvalue weighted by Gasteiger charge is 2.78. The molecule has 8 bridgehead atoms. The van der Waals surface area contributed by atoms with E-state index in [9.17, 15) is 9.59 Å². The largest absolute Gasteiger partial charge is 0.274 e. The zero-order valence-electron chi connectivity index (χ0n) is 13.1. The Morgan fingerprint density at radius 1 is 0.750 bits per heavy atom. The van der Waals surface area contributed by atoms with Gasteiger partial charge in [0.15, 0.2) is 0 Å². The van der Waals surface area contributed by atoms with Gasteiger partial charge in [-0.25, -0.2) is 0 Å². The third kappa shape index (κ3) is 1.03. The fourth-order valence-electron chi connectivity index (χ4n) is 7.64. The second-order valence-electron chi connectivity index (χ2n) is 8.39.